The molecule has 5 nitrogen and oxygen atoms in total. The smallest absolute Gasteiger partial charge is 0.340 e. The summed E-state index contributed by atoms with van der Waals surface area (Å²) in [6.45, 7) is 0.0859. The highest BCUT2D eigenvalue weighted by Crippen LogP contribution is 2.31. The lowest BCUT2D eigenvalue weighted by Crippen LogP contribution is -2.31. The van der Waals surface area contributed by atoms with Crippen molar-refractivity contribution >= 4 is 39.4 Å². The van der Waals surface area contributed by atoms with E-state index in [1.807, 2.05) is 24.3 Å². The molecular weight excluding hydrogens is 422 g/mol. The van der Waals surface area contributed by atoms with E-state index in [9.17, 15) is 14.4 Å². The number of hydrogen-bond acceptors (Lipinski definition) is 4. The molecule has 1 heterocycles. The number of fused-ring (bicyclic) bond motifs is 1. The van der Waals surface area contributed by atoms with Gasteiger partial charge in [-0.25, -0.2) is 9.69 Å². The first-order valence-electron chi connectivity index (χ1n) is 8.54. The van der Waals surface area contributed by atoms with Crippen LogP contribution >= 0.6 is 15.9 Å². The first kappa shape index (κ1) is 18.1. The molecule has 3 aromatic carbocycles. The second-order valence-electron chi connectivity index (χ2n) is 6.21. The SMILES string of the molecule is O=C(OCc1ccc(Br)cc1)c1ccccc1N1C(=O)c2ccccc2C1=O. The quantitative estimate of drug-likeness (QED) is 0.443. The first-order valence-corrected chi connectivity index (χ1v) is 9.34. The minimum atomic E-state index is -0.602. The molecule has 28 heavy (non-hydrogen) atoms. The number of hydrogen-bond donors (Lipinski definition) is 0. The summed E-state index contributed by atoms with van der Waals surface area (Å²) in [6, 6.07) is 20.4. The van der Waals surface area contributed by atoms with Gasteiger partial charge in [0, 0.05) is 4.47 Å². The van der Waals surface area contributed by atoms with Crippen LogP contribution in [0.5, 0.6) is 0 Å². The van der Waals surface area contributed by atoms with Crippen LogP contribution in [0, 0.1) is 0 Å². The molecule has 0 saturated carbocycles. The summed E-state index contributed by atoms with van der Waals surface area (Å²) in [5.41, 5.74) is 1.86. The molecule has 138 valence electrons. The molecule has 4 rings (SSSR count). The zero-order chi connectivity index (χ0) is 19.7. The molecule has 3 aromatic rings. The van der Waals surface area contributed by atoms with Gasteiger partial charge in [-0.3, -0.25) is 9.59 Å². The van der Waals surface area contributed by atoms with E-state index in [1.165, 1.54) is 0 Å². The molecule has 0 spiro atoms. The molecule has 6 heteroatoms. The van der Waals surface area contributed by atoms with Crippen LogP contribution in [0.1, 0.15) is 36.6 Å². The Balaban J connectivity index is 1.61. The Labute approximate surface area is 169 Å². The third-order valence-corrected chi connectivity index (χ3v) is 4.97. The molecule has 0 saturated heterocycles. The number of amides is 2. The number of nitrogens with zero attached hydrogens (tertiary/aromatic N) is 1. The van der Waals surface area contributed by atoms with Crippen LogP contribution < -0.4 is 4.90 Å². The molecule has 2 amide bonds. The summed E-state index contributed by atoms with van der Waals surface area (Å²) in [4.78, 5) is 39.2. The number of benzene rings is 3. The fourth-order valence-corrected chi connectivity index (χ4v) is 3.32. The topological polar surface area (TPSA) is 63.7 Å². The number of esters is 1. The fourth-order valence-electron chi connectivity index (χ4n) is 3.06. The van der Waals surface area contributed by atoms with Gasteiger partial charge in [0.05, 0.1) is 22.4 Å². The van der Waals surface area contributed by atoms with Crippen molar-refractivity contribution in [2.24, 2.45) is 0 Å². The average Bonchev–Trinajstić information content (AvgIpc) is 2.98. The second kappa shape index (κ2) is 7.40. The minimum Gasteiger partial charge on any atom is -0.457 e. The Morgan fingerprint density at radius 3 is 2.04 bits per heavy atom. The van der Waals surface area contributed by atoms with Crippen LogP contribution in [-0.4, -0.2) is 17.8 Å². The molecule has 0 atom stereocenters. The molecule has 0 radical (unpaired) electrons. The number of carbonyl (C=O) groups excluding carboxylic acids is 3. The Kier molecular flexibility index (Phi) is 4.79. The van der Waals surface area contributed by atoms with Crippen LogP contribution in [0.3, 0.4) is 0 Å². The number of rotatable bonds is 4. The molecule has 1 aliphatic heterocycles. The summed E-state index contributed by atoms with van der Waals surface area (Å²) in [5, 5.41) is 0. The van der Waals surface area contributed by atoms with E-state index in [1.54, 1.807) is 48.5 Å². The van der Waals surface area contributed by atoms with Gasteiger partial charge in [-0.05, 0) is 42.0 Å². The van der Waals surface area contributed by atoms with Crippen molar-refractivity contribution in [1.29, 1.82) is 0 Å². The predicted octanol–water partition coefficient (Wildman–Crippen LogP) is 4.61. The fraction of sp³-hybridized carbons (Fsp3) is 0.0455. The van der Waals surface area contributed by atoms with Crippen LogP contribution in [0.25, 0.3) is 0 Å². The molecular formula is C22H14BrNO4. The Bertz CT molecular complexity index is 1060. The van der Waals surface area contributed by atoms with E-state index in [0.29, 0.717) is 11.1 Å². The monoisotopic (exact) mass is 435 g/mol. The van der Waals surface area contributed by atoms with Crippen molar-refractivity contribution < 1.29 is 19.1 Å². The van der Waals surface area contributed by atoms with Crippen molar-refractivity contribution in [3.8, 4) is 0 Å². The van der Waals surface area contributed by atoms with Crippen molar-refractivity contribution in [3.05, 3.63) is 99.5 Å². The molecule has 0 aliphatic carbocycles. The molecule has 0 unspecified atom stereocenters. The third kappa shape index (κ3) is 3.23. The summed E-state index contributed by atoms with van der Waals surface area (Å²) >= 11 is 3.36. The Hall–Kier alpha value is -3.25. The van der Waals surface area contributed by atoms with Gasteiger partial charge in [-0.1, -0.05) is 52.3 Å². The Morgan fingerprint density at radius 1 is 0.821 bits per heavy atom. The largest absolute Gasteiger partial charge is 0.457 e. The zero-order valence-electron chi connectivity index (χ0n) is 14.6. The van der Waals surface area contributed by atoms with Crippen LogP contribution in [-0.2, 0) is 11.3 Å². The van der Waals surface area contributed by atoms with Gasteiger partial charge in [0.25, 0.3) is 11.8 Å². The number of para-hydroxylation sites is 1. The van der Waals surface area contributed by atoms with Gasteiger partial charge in [-0.15, -0.1) is 0 Å². The minimum absolute atomic E-state index is 0.0859. The maximum absolute atomic E-state index is 12.7. The first-order chi connectivity index (χ1) is 13.6. The lowest BCUT2D eigenvalue weighted by atomic mass is 10.1. The predicted molar refractivity (Wildman–Crippen MR) is 107 cm³/mol. The number of anilines is 1. The van der Waals surface area contributed by atoms with Gasteiger partial charge >= 0.3 is 5.97 Å². The van der Waals surface area contributed by atoms with E-state index in [4.69, 9.17) is 4.74 Å². The maximum Gasteiger partial charge on any atom is 0.340 e. The normalized spacial score (nSPS) is 12.8. The molecule has 0 N–H and O–H groups in total. The third-order valence-electron chi connectivity index (χ3n) is 4.44. The number of carbonyl (C=O) groups is 3. The Morgan fingerprint density at radius 2 is 1.39 bits per heavy atom. The van der Waals surface area contributed by atoms with E-state index in [-0.39, 0.29) is 17.9 Å². The van der Waals surface area contributed by atoms with Gasteiger partial charge < -0.3 is 4.74 Å². The van der Waals surface area contributed by atoms with Crippen molar-refractivity contribution in [3.63, 3.8) is 0 Å². The van der Waals surface area contributed by atoms with E-state index >= 15 is 0 Å². The summed E-state index contributed by atoms with van der Waals surface area (Å²) < 4.78 is 6.33. The van der Waals surface area contributed by atoms with Crippen LogP contribution in [0.15, 0.2) is 77.3 Å². The number of halogens is 1. The summed E-state index contributed by atoms with van der Waals surface area (Å²) in [6.07, 6.45) is 0. The van der Waals surface area contributed by atoms with Gasteiger partial charge in [0.1, 0.15) is 6.61 Å². The van der Waals surface area contributed by atoms with Gasteiger partial charge in [0.2, 0.25) is 0 Å². The van der Waals surface area contributed by atoms with E-state index < -0.39 is 17.8 Å². The highest BCUT2D eigenvalue weighted by molar-refractivity contribution is 9.10. The summed E-state index contributed by atoms with van der Waals surface area (Å²) in [7, 11) is 0. The highest BCUT2D eigenvalue weighted by Gasteiger charge is 2.38. The average molecular weight is 436 g/mol. The van der Waals surface area contributed by atoms with Crippen LogP contribution in [0.4, 0.5) is 5.69 Å². The van der Waals surface area contributed by atoms with Gasteiger partial charge in [-0.2, -0.15) is 0 Å². The zero-order valence-corrected chi connectivity index (χ0v) is 16.2. The highest BCUT2D eigenvalue weighted by atomic mass is 79.9. The lowest BCUT2D eigenvalue weighted by Gasteiger charge is -2.17. The lowest BCUT2D eigenvalue weighted by molar-refractivity contribution is 0.0474. The maximum atomic E-state index is 12.7. The van der Waals surface area contributed by atoms with Crippen molar-refractivity contribution in [2.45, 2.75) is 6.61 Å². The molecule has 1 aliphatic rings. The van der Waals surface area contributed by atoms with Gasteiger partial charge in [0.15, 0.2) is 0 Å². The van der Waals surface area contributed by atoms with E-state index in [2.05, 4.69) is 15.9 Å². The number of imide groups is 1. The molecule has 0 fully saturated rings. The van der Waals surface area contributed by atoms with E-state index in [0.717, 1.165) is 14.9 Å². The van der Waals surface area contributed by atoms with Crippen molar-refractivity contribution in [2.75, 3.05) is 4.90 Å². The summed E-state index contributed by atoms with van der Waals surface area (Å²) in [5.74, 6) is -1.50. The van der Waals surface area contributed by atoms with Crippen LogP contribution in [0.2, 0.25) is 0 Å². The standard InChI is InChI=1S/C22H14BrNO4/c23-15-11-9-14(10-12-15)13-28-22(27)18-7-3-4-8-19(18)24-20(25)16-5-1-2-6-17(16)21(24)26/h1-12H,13H2. The van der Waals surface area contributed by atoms with Crippen molar-refractivity contribution in [1.82, 2.24) is 0 Å². The molecule has 0 aromatic heterocycles. The molecule has 0 bridgehead atoms. The number of ether oxygens (including phenoxy) is 1. The second-order valence-corrected chi connectivity index (χ2v) is 7.13.